The molecule has 2 aromatic rings. The van der Waals surface area contributed by atoms with Crippen molar-refractivity contribution in [3.63, 3.8) is 0 Å². The van der Waals surface area contributed by atoms with Crippen molar-refractivity contribution in [2.75, 3.05) is 32.1 Å². The fraction of sp³-hybridized carbons (Fsp3) is 0.533. The van der Waals surface area contributed by atoms with Crippen LogP contribution in [0.5, 0.6) is 11.8 Å². The van der Waals surface area contributed by atoms with Crippen LogP contribution in [0.15, 0.2) is 18.5 Å². The fourth-order valence-electron chi connectivity index (χ4n) is 2.47. The van der Waals surface area contributed by atoms with Crippen LogP contribution >= 0.6 is 0 Å². The molecular formula is C15H22N6O2. The Bertz CT molecular complexity index is 624. The van der Waals surface area contributed by atoms with Gasteiger partial charge >= 0.3 is 0 Å². The summed E-state index contributed by atoms with van der Waals surface area (Å²) in [7, 11) is 2.13. The van der Waals surface area contributed by atoms with Gasteiger partial charge in [0.2, 0.25) is 11.8 Å². The van der Waals surface area contributed by atoms with Crippen LogP contribution in [0.2, 0.25) is 0 Å². The third-order valence-electron chi connectivity index (χ3n) is 3.68. The number of anilines is 2. The first-order valence-electron chi connectivity index (χ1n) is 7.85. The molecule has 0 unspecified atom stereocenters. The molecule has 1 aliphatic heterocycles. The second kappa shape index (κ2) is 7.28. The van der Waals surface area contributed by atoms with E-state index in [0.717, 1.165) is 25.9 Å². The molecule has 124 valence electrons. The van der Waals surface area contributed by atoms with Gasteiger partial charge in [0.1, 0.15) is 6.10 Å². The average molecular weight is 318 g/mol. The van der Waals surface area contributed by atoms with Gasteiger partial charge in [0.15, 0.2) is 11.6 Å². The van der Waals surface area contributed by atoms with Crippen molar-refractivity contribution in [3.8, 4) is 11.8 Å². The normalized spacial score (nSPS) is 16.3. The van der Waals surface area contributed by atoms with Gasteiger partial charge < -0.3 is 19.7 Å². The van der Waals surface area contributed by atoms with Crippen molar-refractivity contribution in [2.24, 2.45) is 0 Å². The van der Waals surface area contributed by atoms with E-state index in [1.165, 1.54) is 0 Å². The van der Waals surface area contributed by atoms with E-state index in [1.54, 1.807) is 18.5 Å². The lowest BCUT2D eigenvalue weighted by molar-refractivity contribution is 0.110. The number of ether oxygens (including phenoxy) is 2. The zero-order valence-corrected chi connectivity index (χ0v) is 13.5. The van der Waals surface area contributed by atoms with Crippen LogP contribution in [-0.4, -0.2) is 57.9 Å². The van der Waals surface area contributed by atoms with Gasteiger partial charge in [0.05, 0.1) is 19.0 Å². The van der Waals surface area contributed by atoms with Crippen molar-refractivity contribution < 1.29 is 9.47 Å². The molecule has 0 aromatic carbocycles. The molecule has 3 heterocycles. The Morgan fingerprint density at radius 1 is 1.30 bits per heavy atom. The van der Waals surface area contributed by atoms with Crippen LogP contribution in [0, 0.1) is 0 Å². The molecule has 1 saturated heterocycles. The predicted molar refractivity (Wildman–Crippen MR) is 86.2 cm³/mol. The smallest absolute Gasteiger partial charge is 0.234 e. The summed E-state index contributed by atoms with van der Waals surface area (Å²) in [5.74, 6) is 2.36. The van der Waals surface area contributed by atoms with E-state index in [-0.39, 0.29) is 6.10 Å². The molecule has 0 saturated carbocycles. The lowest BCUT2D eigenvalue weighted by atomic mass is 10.1. The number of piperidine rings is 1. The van der Waals surface area contributed by atoms with Crippen molar-refractivity contribution in [3.05, 3.63) is 18.5 Å². The van der Waals surface area contributed by atoms with Gasteiger partial charge in [0.25, 0.3) is 0 Å². The zero-order chi connectivity index (χ0) is 16.1. The van der Waals surface area contributed by atoms with E-state index in [0.29, 0.717) is 30.0 Å². The molecule has 2 aromatic heterocycles. The summed E-state index contributed by atoms with van der Waals surface area (Å²) in [6.45, 7) is 4.59. The summed E-state index contributed by atoms with van der Waals surface area (Å²) in [6, 6.07) is 1.77. The first kappa shape index (κ1) is 15.5. The highest BCUT2D eigenvalue weighted by atomic mass is 16.5. The van der Waals surface area contributed by atoms with Crippen molar-refractivity contribution >= 4 is 11.6 Å². The van der Waals surface area contributed by atoms with Crippen LogP contribution in [0.1, 0.15) is 19.8 Å². The SMILES string of the molecule is CCOc1cc(Nc2cncc(OC3CCN(C)CC3)n2)n[nH]1. The Morgan fingerprint density at radius 2 is 2.13 bits per heavy atom. The minimum atomic E-state index is 0.200. The first-order chi connectivity index (χ1) is 11.2. The molecule has 0 radical (unpaired) electrons. The molecule has 2 N–H and O–H groups in total. The third kappa shape index (κ3) is 4.32. The molecule has 0 bridgehead atoms. The molecule has 1 aliphatic rings. The van der Waals surface area contributed by atoms with E-state index in [4.69, 9.17) is 9.47 Å². The van der Waals surface area contributed by atoms with Gasteiger partial charge in [-0.15, -0.1) is 0 Å². The fourth-order valence-corrected chi connectivity index (χ4v) is 2.47. The Hall–Kier alpha value is -2.35. The second-order valence-corrected chi connectivity index (χ2v) is 5.54. The molecule has 23 heavy (non-hydrogen) atoms. The van der Waals surface area contributed by atoms with Crippen molar-refractivity contribution in [1.29, 1.82) is 0 Å². The molecule has 1 fully saturated rings. The number of rotatable bonds is 6. The Balaban J connectivity index is 1.60. The van der Waals surface area contributed by atoms with Gasteiger partial charge in [-0.1, -0.05) is 0 Å². The Kier molecular flexibility index (Phi) is 4.92. The summed E-state index contributed by atoms with van der Waals surface area (Å²) >= 11 is 0. The molecule has 0 amide bonds. The quantitative estimate of drug-likeness (QED) is 0.839. The molecule has 8 nitrogen and oxygen atoms in total. The lowest BCUT2D eigenvalue weighted by Crippen LogP contribution is -2.35. The van der Waals surface area contributed by atoms with Gasteiger partial charge in [-0.3, -0.25) is 4.98 Å². The molecule has 0 atom stereocenters. The Morgan fingerprint density at radius 3 is 2.91 bits per heavy atom. The summed E-state index contributed by atoms with van der Waals surface area (Å²) in [4.78, 5) is 10.9. The number of hydrogen-bond acceptors (Lipinski definition) is 7. The first-order valence-corrected chi connectivity index (χ1v) is 7.85. The highest BCUT2D eigenvalue weighted by molar-refractivity contribution is 5.51. The monoisotopic (exact) mass is 318 g/mol. The number of nitrogens with zero attached hydrogens (tertiary/aromatic N) is 4. The average Bonchev–Trinajstić information content (AvgIpc) is 2.98. The number of aromatic nitrogens is 4. The minimum absolute atomic E-state index is 0.200. The molecule has 8 heteroatoms. The van der Waals surface area contributed by atoms with E-state index >= 15 is 0 Å². The van der Waals surface area contributed by atoms with Crippen LogP contribution in [0.3, 0.4) is 0 Å². The number of likely N-dealkylation sites (tertiary alicyclic amines) is 1. The summed E-state index contributed by atoms with van der Waals surface area (Å²) in [5, 5.41) is 9.98. The highest BCUT2D eigenvalue weighted by Gasteiger charge is 2.18. The molecule has 0 spiro atoms. The molecular weight excluding hydrogens is 296 g/mol. The van der Waals surface area contributed by atoms with Crippen LogP contribution in [-0.2, 0) is 0 Å². The van der Waals surface area contributed by atoms with Crippen molar-refractivity contribution in [2.45, 2.75) is 25.9 Å². The van der Waals surface area contributed by atoms with E-state index in [2.05, 4.69) is 37.4 Å². The number of aromatic amines is 1. The zero-order valence-electron chi connectivity index (χ0n) is 13.5. The summed E-state index contributed by atoms with van der Waals surface area (Å²) < 4.78 is 11.3. The van der Waals surface area contributed by atoms with E-state index in [9.17, 15) is 0 Å². The second-order valence-electron chi connectivity index (χ2n) is 5.54. The third-order valence-corrected chi connectivity index (χ3v) is 3.68. The predicted octanol–water partition coefficient (Wildman–Crippen LogP) is 1.81. The number of hydrogen-bond donors (Lipinski definition) is 2. The standard InChI is InChI=1S/C15H22N6O2/c1-3-22-14-8-12(19-20-14)17-13-9-16-10-15(18-13)23-11-4-6-21(2)7-5-11/h8-11H,3-7H2,1-2H3,(H2,17,18,19,20). The maximum absolute atomic E-state index is 5.93. The molecule has 3 rings (SSSR count). The van der Waals surface area contributed by atoms with E-state index < -0.39 is 0 Å². The topological polar surface area (TPSA) is 88.2 Å². The Labute approximate surface area is 135 Å². The van der Waals surface area contributed by atoms with Gasteiger partial charge in [0, 0.05) is 19.2 Å². The maximum Gasteiger partial charge on any atom is 0.234 e. The van der Waals surface area contributed by atoms with Crippen LogP contribution in [0.25, 0.3) is 0 Å². The number of nitrogens with one attached hydrogen (secondary N) is 2. The highest BCUT2D eigenvalue weighted by Crippen LogP contribution is 2.20. The summed E-state index contributed by atoms with van der Waals surface area (Å²) in [6.07, 6.45) is 5.49. The van der Waals surface area contributed by atoms with Crippen LogP contribution < -0.4 is 14.8 Å². The van der Waals surface area contributed by atoms with Gasteiger partial charge in [-0.25, -0.2) is 5.10 Å². The maximum atomic E-state index is 5.93. The largest absolute Gasteiger partial charge is 0.478 e. The number of H-pyrrole nitrogens is 1. The minimum Gasteiger partial charge on any atom is -0.478 e. The summed E-state index contributed by atoms with van der Waals surface area (Å²) in [5.41, 5.74) is 0. The van der Waals surface area contributed by atoms with Gasteiger partial charge in [-0.2, -0.15) is 10.1 Å². The van der Waals surface area contributed by atoms with E-state index in [1.807, 2.05) is 6.92 Å². The van der Waals surface area contributed by atoms with Crippen molar-refractivity contribution in [1.82, 2.24) is 25.1 Å². The van der Waals surface area contributed by atoms with Crippen LogP contribution in [0.4, 0.5) is 11.6 Å². The molecule has 0 aliphatic carbocycles. The van der Waals surface area contributed by atoms with Gasteiger partial charge in [-0.05, 0) is 26.8 Å². The lowest BCUT2D eigenvalue weighted by Gasteiger charge is -2.28.